The zero-order valence-electron chi connectivity index (χ0n) is 22.8. The minimum absolute atomic E-state index is 0.115. The summed E-state index contributed by atoms with van der Waals surface area (Å²) in [6.07, 6.45) is 11.8. The van der Waals surface area contributed by atoms with Crippen LogP contribution in [-0.4, -0.2) is 35.8 Å². The number of nitro groups is 1. The summed E-state index contributed by atoms with van der Waals surface area (Å²) in [5, 5.41) is 11.4. The maximum absolute atomic E-state index is 13.3. The molecule has 0 amide bonds. The van der Waals surface area contributed by atoms with Gasteiger partial charge in [0.1, 0.15) is 5.92 Å². The first-order chi connectivity index (χ1) is 17.8. The van der Waals surface area contributed by atoms with Gasteiger partial charge in [0.05, 0.1) is 23.7 Å². The van der Waals surface area contributed by atoms with E-state index in [0.29, 0.717) is 17.0 Å². The van der Waals surface area contributed by atoms with Crippen molar-refractivity contribution in [2.75, 3.05) is 13.2 Å². The average molecular weight is 515 g/mol. The Bertz CT molecular complexity index is 984. The minimum Gasteiger partial charge on any atom is -0.465 e. The van der Waals surface area contributed by atoms with Crippen LogP contribution in [0.15, 0.2) is 40.5 Å². The van der Waals surface area contributed by atoms with Crippen LogP contribution in [0.3, 0.4) is 0 Å². The molecule has 1 aromatic rings. The molecule has 0 N–H and O–H groups in total. The third-order valence-electron chi connectivity index (χ3n) is 6.76. The summed E-state index contributed by atoms with van der Waals surface area (Å²) >= 11 is 0. The van der Waals surface area contributed by atoms with Gasteiger partial charge in [-0.15, -0.1) is 0 Å². The zero-order chi connectivity index (χ0) is 27.2. The Balaban J connectivity index is 2.08. The van der Waals surface area contributed by atoms with Crippen LogP contribution in [-0.2, 0) is 19.1 Å². The van der Waals surface area contributed by atoms with Gasteiger partial charge in [0.2, 0.25) is 0 Å². The Kier molecular flexibility index (Phi) is 13.0. The third kappa shape index (κ3) is 9.09. The van der Waals surface area contributed by atoms with Crippen molar-refractivity contribution in [2.24, 2.45) is 10.9 Å². The molecule has 2 atom stereocenters. The number of carbonyl (C=O) groups excluding carboxylic acids is 2. The number of nitrogens with zero attached hydrogens (tertiary/aromatic N) is 2. The van der Waals surface area contributed by atoms with Crippen LogP contribution in [0, 0.1) is 16.0 Å². The van der Waals surface area contributed by atoms with E-state index in [-0.39, 0.29) is 24.5 Å². The van der Waals surface area contributed by atoms with Crippen molar-refractivity contribution < 1.29 is 24.0 Å². The molecule has 204 valence electrons. The normalized spacial score (nSPS) is 17.4. The van der Waals surface area contributed by atoms with E-state index >= 15 is 0 Å². The summed E-state index contributed by atoms with van der Waals surface area (Å²) in [4.78, 5) is 41.6. The van der Waals surface area contributed by atoms with Crippen molar-refractivity contribution >= 4 is 23.3 Å². The van der Waals surface area contributed by atoms with Gasteiger partial charge in [-0.3, -0.25) is 19.9 Å². The van der Waals surface area contributed by atoms with E-state index in [1.165, 1.54) is 57.1 Å². The number of hydrogen-bond donors (Lipinski definition) is 0. The second-order valence-corrected chi connectivity index (χ2v) is 9.63. The second kappa shape index (κ2) is 15.9. The van der Waals surface area contributed by atoms with Crippen molar-refractivity contribution in [2.45, 2.75) is 97.8 Å². The molecule has 1 aliphatic rings. The fraction of sp³-hybridized carbons (Fsp3) is 0.621. The highest BCUT2D eigenvalue weighted by Crippen LogP contribution is 2.41. The Morgan fingerprint density at radius 3 is 2.16 bits per heavy atom. The number of ether oxygens (including phenoxy) is 2. The summed E-state index contributed by atoms with van der Waals surface area (Å²) < 4.78 is 10.9. The first kappa shape index (κ1) is 30.2. The zero-order valence-corrected chi connectivity index (χ0v) is 22.8. The first-order valence-corrected chi connectivity index (χ1v) is 13.7. The van der Waals surface area contributed by atoms with Crippen LogP contribution >= 0.6 is 0 Å². The van der Waals surface area contributed by atoms with Crippen molar-refractivity contribution in [1.29, 1.82) is 0 Å². The summed E-state index contributed by atoms with van der Waals surface area (Å²) in [7, 11) is 0. The topological polar surface area (TPSA) is 108 Å². The number of aliphatic imine (C=N–C) groups is 1. The van der Waals surface area contributed by atoms with Gasteiger partial charge >= 0.3 is 11.9 Å². The highest BCUT2D eigenvalue weighted by Gasteiger charge is 2.42. The molecule has 2 unspecified atom stereocenters. The van der Waals surface area contributed by atoms with Crippen LogP contribution in [0.2, 0.25) is 0 Å². The van der Waals surface area contributed by atoms with E-state index in [4.69, 9.17) is 9.47 Å². The quantitative estimate of drug-likeness (QED) is 0.101. The predicted octanol–water partition coefficient (Wildman–Crippen LogP) is 7.07. The summed E-state index contributed by atoms with van der Waals surface area (Å²) in [5.41, 5.74) is 1.56. The number of nitro benzene ring substituents is 1. The van der Waals surface area contributed by atoms with Crippen molar-refractivity contribution in [3.8, 4) is 0 Å². The number of non-ortho nitro benzene ring substituents is 1. The molecular formula is C29H42N2O6. The smallest absolute Gasteiger partial charge is 0.336 e. The van der Waals surface area contributed by atoms with Gasteiger partial charge in [-0.05, 0) is 32.8 Å². The molecule has 37 heavy (non-hydrogen) atoms. The first-order valence-electron chi connectivity index (χ1n) is 13.7. The molecule has 0 saturated carbocycles. The van der Waals surface area contributed by atoms with Crippen molar-refractivity contribution in [1.82, 2.24) is 0 Å². The van der Waals surface area contributed by atoms with E-state index in [1.807, 2.05) is 0 Å². The Morgan fingerprint density at radius 2 is 1.57 bits per heavy atom. The lowest BCUT2D eigenvalue weighted by atomic mass is 9.75. The molecular weight excluding hydrogens is 472 g/mol. The lowest BCUT2D eigenvalue weighted by molar-refractivity contribution is -0.384. The van der Waals surface area contributed by atoms with Gasteiger partial charge in [-0.1, -0.05) is 76.8 Å². The predicted molar refractivity (Wildman–Crippen MR) is 145 cm³/mol. The maximum Gasteiger partial charge on any atom is 0.336 e. The molecule has 0 spiro atoms. The van der Waals surface area contributed by atoms with E-state index < -0.39 is 28.7 Å². The summed E-state index contributed by atoms with van der Waals surface area (Å²) in [5.74, 6) is -2.72. The molecule has 0 bridgehead atoms. The molecule has 1 aromatic carbocycles. The number of esters is 2. The number of hydrogen-bond acceptors (Lipinski definition) is 7. The molecule has 2 rings (SSSR count). The minimum atomic E-state index is -0.870. The van der Waals surface area contributed by atoms with Gasteiger partial charge in [-0.25, -0.2) is 4.79 Å². The molecule has 0 saturated heterocycles. The molecule has 1 heterocycles. The van der Waals surface area contributed by atoms with Gasteiger partial charge in [-0.2, -0.15) is 0 Å². The number of carbonyl (C=O) groups is 2. The van der Waals surface area contributed by atoms with Crippen LogP contribution in [0.25, 0.3) is 0 Å². The standard InChI is InChI=1S/C29H42N2O6/c1-5-7-8-9-10-11-12-13-14-15-19-37-29(33)26-22(4)30-21(3)25(28(32)36-6-2)27(26)23-17-16-18-24(20-23)31(34)35/h16-18,20,25,27H,5-15,19H2,1-4H3. The van der Waals surface area contributed by atoms with Crippen LogP contribution < -0.4 is 0 Å². The fourth-order valence-corrected chi connectivity index (χ4v) is 4.86. The second-order valence-electron chi connectivity index (χ2n) is 9.63. The lowest BCUT2D eigenvalue weighted by Crippen LogP contribution is -2.36. The Hall–Kier alpha value is -3.03. The molecule has 1 aliphatic heterocycles. The molecule has 0 fully saturated rings. The Morgan fingerprint density at radius 1 is 0.946 bits per heavy atom. The van der Waals surface area contributed by atoms with E-state index in [2.05, 4.69) is 11.9 Å². The summed E-state index contributed by atoms with van der Waals surface area (Å²) in [6.45, 7) is 7.79. The Labute approximate surface area is 220 Å². The molecule has 0 aliphatic carbocycles. The highest BCUT2D eigenvalue weighted by atomic mass is 16.6. The highest BCUT2D eigenvalue weighted by molar-refractivity contribution is 6.07. The van der Waals surface area contributed by atoms with Crippen LogP contribution in [0.1, 0.15) is 103 Å². The number of allylic oxidation sites excluding steroid dienone is 1. The molecule has 8 nitrogen and oxygen atoms in total. The van der Waals surface area contributed by atoms with E-state index in [9.17, 15) is 19.7 Å². The van der Waals surface area contributed by atoms with Crippen LogP contribution in [0.5, 0.6) is 0 Å². The average Bonchev–Trinajstić information content (AvgIpc) is 2.86. The van der Waals surface area contributed by atoms with Gasteiger partial charge in [0.25, 0.3) is 5.69 Å². The fourth-order valence-electron chi connectivity index (χ4n) is 4.86. The maximum atomic E-state index is 13.3. The summed E-state index contributed by atoms with van der Waals surface area (Å²) in [6, 6.07) is 6.02. The third-order valence-corrected chi connectivity index (χ3v) is 6.76. The monoisotopic (exact) mass is 514 g/mol. The van der Waals surface area contributed by atoms with Crippen LogP contribution in [0.4, 0.5) is 5.69 Å². The van der Waals surface area contributed by atoms with Crippen molar-refractivity contribution in [3.63, 3.8) is 0 Å². The van der Waals surface area contributed by atoms with Gasteiger partial charge < -0.3 is 9.47 Å². The number of rotatable bonds is 16. The van der Waals surface area contributed by atoms with Gasteiger partial charge in [0, 0.05) is 29.5 Å². The molecule has 0 aromatic heterocycles. The van der Waals surface area contributed by atoms with E-state index in [1.54, 1.807) is 32.9 Å². The molecule has 8 heteroatoms. The van der Waals surface area contributed by atoms with Gasteiger partial charge in [0.15, 0.2) is 0 Å². The molecule has 0 radical (unpaired) electrons. The SMILES string of the molecule is CCCCCCCCCCCCOC(=O)C1=C(C)N=C(C)C(C(=O)OCC)C1c1cccc([N+](=O)[O-])c1. The largest absolute Gasteiger partial charge is 0.465 e. The number of benzene rings is 1. The van der Waals surface area contributed by atoms with E-state index in [0.717, 1.165) is 19.3 Å². The van der Waals surface area contributed by atoms with Crippen molar-refractivity contribution in [3.05, 3.63) is 51.2 Å². The lowest BCUT2D eigenvalue weighted by Gasteiger charge is -2.31. The number of unbranched alkanes of at least 4 members (excludes halogenated alkanes) is 9.